The predicted octanol–water partition coefficient (Wildman–Crippen LogP) is 8.05. The van der Waals surface area contributed by atoms with Gasteiger partial charge in [0.05, 0.1) is 13.9 Å². The maximum absolute atomic E-state index is 13.1. The van der Waals surface area contributed by atoms with E-state index in [9.17, 15) is 4.79 Å². The summed E-state index contributed by atoms with van der Waals surface area (Å²) >= 11 is 26.1. The van der Waals surface area contributed by atoms with Gasteiger partial charge in [-0.2, -0.15) is 5.01 Å². The van der Waals surface area contributed by atoms with Crippen LogP contribution in [0.15, 0.2) is 56.3 Å². The Hall–Kier alpha value is -1.29. The monoisotopic (exact) mass is 644 g/mol. The van der Waals surface area contributed by atoms with E-state index >= 15 is 0 Å². The highest BCUT2D eigenvalue weighted by molar-refractivity contribution is 9.11. The predicted molar refractivity (Wildman–Crippen MR) is 148 cm³/mol. The number of nitrogens with zero attached hydrogens (tertiary/aromatic N) is 2. The molecule has 1 amide bonds. The number of hydrogen-bond acceptors (Lipinski definition) is 4. The van der Waals surface area contributed by atoms with Crippen LogP contribution >= 0.6 is 79.0 Å². The molecular formula is C23H16Br2Cl2N2O2S2. The molecule has 4 nitrogen and oxygen atoms in total. The smallest absolute Gasteiger partial charge is 0.285 e. The van der Waals surface area contributed by atoms with Crippen molar-refractivity contribution in [1.29, 1.82) is 0 Å². The summed E-state index contributed by atoms with van der Waals surface area (Å²) in [4.78, 5) is 13.7. The number of carbonyl (C=O) groups is 1. The van der Waals surface area contributed by atoms with E-state index in [-0.39, 0.29) is 12.5 Å². The van der Waals surface area contributed by atoms with E-state index in [0.29, 0.717) is 25.0 Å². The van der Waals surface area contributed by atoms with Crippen LogP contribution in [0.5, 0.6) is 5.75 Å². The minimum atomic E-state index is -0.155. The van der Waals surface area contributed by atoms with Crippen molar-refractivity contribution < 1.29 is 9.53 Å². The molecule has 4 rings (SSSR count). The molecular weight excluding hydrogens is 631 g/mol. The zero-order valence-electron chi connectivity index (χ0n) is 17.4. The van der Waals surface area contributed by atoms with Crippen molar-refractivity contribution in [2.24, 2.45) is 0 Å². The Morgan fingerprint density at radius 3 is 2.30 bits per heavy atom. The molecule has 1 aromatic heterocycles. The van der Waals surface area contributed by atoms with Gasteiger partial charge in [0.1, 0.15) is 12.4 Å². The number of aryl methyl sites for hydroxylation is 2. The van der Waals surface area contributed by atoms with Gasteiger partial charge in [-0.3, -0.25) is 9.47 Å². The highest BCUT2D eigenvalue weighted by Crippen LogP contribution is 2.38. The number of hydrogen-bond donors (Lipinski definition) is 0. The molecule has 2 aromatic carbocycles. The molecule has 170 valence electrons. The van der Waals surface area contributed by atoms with E-state index in [0.717, 1.165) is 31.5 Å². The molecule has 1 saturated heterocycles. The zero-order valence-corrected chi connectivity index (χ0v) is 23.7. The topological polar surface area (TPSA) is 34.5 Å². The first-order valence-corrected chi connectivity index (χ1v) is 13.2. The number of benzene rings is 2. The van der Waals surface area contributed by atoms with Gasteiger partial charge < -0.3 is 4.74 Å². The second kappa shape index (κ2) is 10.1. The van der Waals surface area contributed by atoms with Crippen molar-refractivity contribution in [3.05, 3.63) is 88.9 Å². The quantitative estimate of drug-likeness (QED) is 0.208. The van der Waals surface area contributed by atoms with Crippen LogP contribution in [0.3, 0.4) is 0 Å². The average Bonchev–Trinajstić information content (AvgIpc) is 3.20. The fraction of sp³-hybridized carbons (Fsp3) is 0.130. The third-order valence-electron chi connectivity index (χ3n) is 4.91. The Kier molecular flexibility index (Phi) is 7.63. The molecule has 0 aliphatic carbocycles. The van der Waals surface area contributed by atoms with Gasteiger partial charge in [0.25, 0.3) is 5.91 Å². The van der Waals surface area contributed by atoms with E-state index < -0.39 is 0 Å². The van der Waals surface area contributed by atoms with E-state index in [2.05, 4.69) is 31.9 Å². The van der Waals surface area contributed by atoms with Gasteiger partial charge in [-0.05, 0) is 106 Å². The number of thiocarbonyl (C=S) groups is 1. The van der Waals surface area contributed by atoms with E-state index in [1.54, 1.807) is 12.1 Å². The van der Waals surface area contributed by atoms with Gasteiger partial charge in [-0.25, -0.2) is 0 Å². The number of halogens is 4. The highest BCUT2D eigenvalue weighted by atomic mass is 79.9. The molecule has 1 aliphatic heterocycles. The van der Waals surface area contributed by atoms with Crippen molar-refractivity contribution in [3.8, 4) is 5.75 Å². The van der Waals surface area contributed by atoms with Gasteiger partial charge in [-0.1, -0.05) is 41.0 Å². The zero-order chi connectivity index (χ0) is 23.9. The van der Waals surface area contributed by atoms with Gasteiger partial charge in [0.2, 0.25) is 0 Å². The summed E-state index contributed by atoms with van der Waals surface area (Å²) in [5.74, 6) is 0.474. The van der Waals surface area contributed by atoms with Crippen LogP contribution < -0.4 is 9.75 Å². The van der Waals surface area contributed by atoms with Crippen LogP contribution in [0, 0.1) is 13.8 Å². The fourth-order valence-corrected chi connectivity index (χ4v) is 6.50. The van der Waals surface area contributed by atoms with Gasteiger partial charge >= 0.3 is 0 Å². The van der Waals surface area contributed by atoms with Gasteiger partial charge in [0.15, 0.2) is 4.32 Å². The first-order valence-electron chi connectivity index (χ1n) is 9.64. The van der Waals surface area contributed by atoms with Crippen molar-refractivity contribution in [1.82, 2.24) is 4.68 Å². The Bertz CT molecular complexity index is 1280. The highest BCUT2D eigenvalue weighted by Gasteiger charge is 2.34. The molecule has 2 heterocycles. The maximum Gasteiger partial charge on any atom is 0.285 e. The molecule has 0 radical (unpaired) electrons. The summed E-state index contributed by atoms with van der Waals surface area (Å²) in [6.45, 7) is 4.17. The SMILES string of the molecule is Cc1ccc(C)n1N1C(=O)/C(=C\c2cc(Br)c(OCc3ccc(Cl)cc3Cl)c(Br)c2)SC1=S. The lowest BCUT2D eigenvalue weighted by molar-refractivity contribution is -0.114. The standard InChI is InChI=1S/C23H16Br2Cl2N2O2S2/c1-12-3-4-13(2)28(12)29-22(30)20(33-23(29)32)9-14-7-17(24)21(18(25)8-14)31-11-15-5-6-16(26)10-19(15)27/h3-10H,11H2,1-2H3/b20-9+. The second-order valence-corrected chi connectivity index (χ2v) is 11.5. The molecule has 0 saturated carbocycles. The molecule has 1 aliphatic rings. The Labute approximate surface area is 228 Å². The molecule has 1 fully saturated rings. The number of amides is 1. The van der Waals surface area contributed by atoms with Crippen LogP contribution in [-0.4, -0.2) is 14.9 Å². The minimum Gasteiger partial charge on any atom is -0.486 e. The third-order valence-corrected chi connectivity index (χ3v) is 7.96. The van der Waals surface area contributed by atoms with Gasteiger partial charge in [-0.15, -0.1) is 0 Å². The Morgan fingerprint density at radius 2 is 1.70 bits per heavy atom. The molecule has 33 heavy (non-hydrogen) atoms. The lowest BCUT2D eigenvalue weighted by Gasteiger charge is -2.20. The molecule has 0 atom stereocenters. The summed E-state index contributed by atoms with van der Waals surface area (Å²) in [6, 6.07) is 13.0. The number of thioether (sulfide) groups is 1. The van der Waals surface area contributed by atoms with Crippen LogP contribution in [0.2, 0.25) is 10.0 Å². The first kappa shape index (κ1) is 24.8. The number of ether oxygens (including phenoxy) is 1. The molecule has 0 N–H and O–H groups in total. The largest absolute Gasteiger partial charge is 0.486 e. The van der Waals surface area contributed by atoms with E-state index in [1.165, 1.54) is 16.8 Å². The van der Waals surface area contributed by atoms with E-state index in [1.807, 2.05) is 54.9 Å². The number of carbonyl (C=O) groups excluding carboxylic acids is 1. The Balaban J connectivity index is 1.57. The minimum absolute atomic E-state index is 0.155. The fourth-order valence-electron chi connectivity index (χ4n) is 3.35. The molecule has 0 bridgehead atoms. The molecule has 10 heteroatoms. The molecule has 3 aromatic rings. The van der Waals surface area contributed by atoms with Gasteiger partial charge in [0, 0.05) is 27.0 Å². The maximum atomic E-state index is 13.1. The summed E-state index contributed by atoms with van der Waals surface area (Å²) in [5.41, 5.74) is 3.53. The lowest BCUT2D eigenvalue weighted by Crippen LogP contribution is -2.39. The average molecular weight is 647 g/mol. The molecule has 0 unspecified atom stereocenters. The number of aromatic nitrogens is 1. The first-order chi connectivity index (χ1) is 15.7. The van der Waals surface area contributed by atoms with Crippen molar-refractivity contribution in [3.63, 3.8) is 0 Å². The van der Waals surface area contributed by atoms with Crippen LogP contribution in [0.1, 0.15) is 22.5 Å². The van der Waals surface area contributed by atoms with Crippen LogP contribution in [0.4, 0.5) is 0 Å². The van der Waals surface area contributed by atoms with Crippen molar-refractivity contribution in [2.75, 3.05) is 5.01 Å². The van der Waals surface area contributed by atoms with Crippen LogP contribution in [0.25, 0.3) is 6.08 Å². The second-order valence-electron chi connectivity index (χ2n) is 7.26. The third kappa shape index (κ3) is 5.21. The normalized spacial score (nSPS) is 15.1. The summed E-state index contributed by atoms with van der Waals surface area (Å²) in [5, 5.41) is 2.65. The summed E-state index contributed by atoms with van der Waals surface area (Å²) < 4.78 is 9.79. The van der Waals surface area contributed by atoms with Crippen molar-refractivity contribution >= 4 is 95.3 Å². The van der Waals surface area contributed by atoms with E-state index in [4.69, 9.17) is 40.2 Å². The molecule has 0 spiro atoms. The summed E-state index contributed by atoms with van der Waals surface area (Å²) in [6.07, 6.45) is 1.82. The summed E-state index contributed by atoms with van der Waals surface area (Å²) in [7, 11) is 0. The Morgan fingerprint density at radius 1 is 1.06 bits per heavy atom. The number of rotatable bonds is 5. The lowest BCUT2D eigenvalue weighted by atomic mass is 10.2. The van der Waals surface area contributed by atoms with Crippen molar-refractivity contribution in [2.45, 2.75) is 20.5 Å². The van der Waals surface area contributed by atoms with Crippen LogP contribution in [-0.2, 0) is 11.4 Å².